The molecule has 2 rings (SSSR count). The summed E-state index contributed by atoms with van der Waals surface area (Å²) in [5, 5.41) is 2.61. The zero-order valence-electron chi connectivity index (χ0n) is 8.87. The number of nitrogens with two attached hydrogens (primary N) is 1. The van der Waals surface area contributed by atoms with Gasteiger partial charge in [-0.3, -0.25) is 4.79 Å². The molecule has 1 fully saturated rings. The summed E-state index contributed by atoms with van der Waals surface area (Å²) in [6, 6.07) is 4.30. The van der Waals surface area contributed by atoms with Crippen molar-refractivity contribution in [2.75, 3.05) is 11.9 Å². The molecule has 0 bridgehead atoms. The van der Waals surface area contributed by atoms with Crippen LogP contribution in [0.15, 0.2) is 18.2 Å². The molecule has 3 N–H and O–H groups in total. The highest BCUT2D eigenvalue weighted by Crippen LogP contribution is 2.40. The maximum Gasteiger partial charge on any atom is 0.233 e. The Labute approximate surface area is 93.1 Å². The first kappa shape index (κ1) is 11.0. The smallest absolute Gasteiger partial charge is 0.233 e. The molecule has 1 aromatic rings. The number of amides is 1. The van der Waals surface area contributed by atoms with Gasteiger partial charge in [-0.15, -0.1) is 0 Å². The van der Waals surface area contributed by atoms with E-state index in [2.05, 4.69) is 10.3 Å². The Kier molecular flexibility index (Phi) is 2.87. The monoisotopic (exact) mass is 223 g/mol. The van der Waals surface area contributed by atoms with Crippen molar-refractivity contribution in [3.63, 3.8) is 0 Å². The molecule has 0 aliphatic heterocycles. The van der Waals surface area contributed by atoms with Crippen molar-refractivity contribution in [3.8, 4) is 0 Å². The fourth-order valence-corrected chi connectivity index (χ4v) is 1.85. The SMILES string of the molecule is NCC1(C(=O)Nc2cccc(F)n2)CCC1. The summed E-state index contributed by atoms with van der Waals surface area (Å²) in [5.41, 5.74) is 5.13. The van der Waals surface area contributed by atoms with Crippen LogP contribution in [0.5, 0.6) is 0 Å². The van der Waals surface area contributed by atoms with Gasteiger partial charge < -0.3 is 11.1 Å². The van der Waals surface area contributed by atoms with Gasteiger partial charge in [0.1, 0.15) is 5.82 Å². The Hall–Kier alpha value is -1.49. The molecule has 0 radical (unpaired) electrons. The summed E-state index contributed by atoms with van der Waals surface area (Å²) < 4.78 is 12.8. The molecule has 0 spiro atoms. The molecule has 1 heterocycles. The van der Waals surface area contributed by atoms with Crippen LogP contribution in [0.3, 0.4) is 0 Å². The number of nitrogens with zero attached hydrogens (tertiary/aromatic N) is 1. The minimum absolute atomic E-state index is 0.153. The van der Waals surface area contributed by atoms with E-state index in [4.69, 9.17) is 5.73 Å². The summed E-state index contributed by atoms with van der Waals surface area (Å²) in [4.78, 5) is 15.5. The van der Waals surface area contributed by atoms with Crippen LogP contribution < -0.4 is 11.1 Å². The van der Waals surface area contributed by atoms with Crippen molar-refractivity contribution in [2.45, 2.75) is 19.3 Å². The molecule has 1 saturated carbocycles. The van der Waals surface area contributed by atoms with Gasteiger partial charge in [0, 0.05) is 6.54 Å². The van der Waals surface area contributed by atoms with Gasteiger partial charge in [-0.05, 0) is 25.0 Å². The first-order chi connectivity index (χ1) is 7.66. The molecule has 0 atom stereocenters. The van der Waals surface area contributed by atoms with Crippen LogP contribution >= 0.6 is 0 Å². The van der Waals surface area contributed by atoms with Crippen molar-refractivity contribution < 1.29 is 9.18 Å². The van der Waals surface area contributed by atoms with Gasteiger partial charge in [-0.25, -0.2) is 4.98 Å². The van der Waals surface area contributed by atoms with E-state index in [1.807, 2.05) is 0 Å². The number of carbonyl (C=O) groups excluding carboxylic acids is 1. The minimum Gasteiger partial charge on any atom is -0.329 e. The van der Waals surface area contributed by atoms with Crippen LogP contribution in [-0.4, -0.2) is 17.4 Å². The molecule has 1 aromatic heterocycles. The molecule has 16 heavy (non-hydrogen) atoms. The number of anilines is 1. The predicted molar refractivity (Wildman–Crippen MR) is 58.2 cm³/mol. The second-order valence-corrected chi connectivity index (χ2v) is 4.14. The van der Waals surface area contributed by atoms with E-state index in [1.54, 1.807) is 6.07 Å². The highest BCUT2D eigenvalue weighted by atomic mass is 19.1. The lowest BCUT2D eigenvalue weighted by Crippen LogP contribution is -2.47. The van der Waals surface area contributed by atoms with Crippen LogP contribution in [0.25, 0.3) is 0 Å². The Bertz CT molecular complexity index is 398. The molecular formula is C11H14FN3O. The third kappa shape index (κ3) is 1.90. The van der Waals surface area contributed by atoms with Gasteiger partial charge in [-0.2, -0.15) is 4.39 Å². The van der Waals surface area contributed by atoms with E-state index in [-0.39, 0.29) is 11.7 Å². The maximum atomic E-state index is 12.8. The summed E-state index contributed by atoms with van der Waals surface area (Å²) in [7, 11) is 0. The maximum absolute atomic E-state index is 12.8. The molecule has 5 heteroatoms. The second kappa shape index (κ2) is 4.17. The van der Waals surface area contributed by atoms with Gasteiger partial charge >= 0.3 is 0 Å². The number of hydrogen-bond donors (Lipinski definition) is 2. The largest absolute Gasteiger partial charge is 0.329 e. The third-order valence-corrected chi connectivity index (χ3v) is 3.14. The average Bonchev–Trinajstić information content (AvgIpc) is 2.16. The zero-order valence-corrected chi connectivity index (χ0v) is 8.87. The van der Waals surface area contributed by atoms with Crippen LogP contribution in [0, 0.1) is 11.4 Å². The first-order valence-corrected chi connectivity index (χ1v) is 5.30. The highest BCUT2D eigenvalue weighted by molar-refractivity contribution is 5.95. The fourth-order valence-electron chi connectivity index (χ4n) is 1.85. The number of halogens is 1. The lowest BCUT2D eigenvalue weighted by molar-refractivity contribution is -0.129. The molecule has 4 nitrogen and oxygen atoms in total. The third-order valence-electron chi connectivity index (χ3n) is 3.14. The van der Waals surface area contributed by atoms with Gasteiger partial charge in [0.2, 0.25) is 11.9 Å². The molecule has 1 amide bonds. The standard InChI is InChI=1S/C11H14FN3O/c12-8-3-1-4-9(14-8)15-10(16)11(7-13)5-2-6-11/h1,3-4H,2,5-7,13H2,(H,14,15,16). The van der Waals surface area contributed by atoms with Crippen molar-refractivity contribution in [1.82, 2.24) is 4.98 Å². The zero-order chi connectivity index (χ0) is 11.6. The summed E-state index contributed by atoms with van der Waals surface area (Å²) in [6.07, 6.45) is 2.61. The molecule has 1 aliphatic rings. The van der Waals surface area contributed by atoms with Gasteiger partial charge in [-0.1, -0.05) is 12.5 Å². The number of aromatic nitrogens is 1. The molecule has 0 saturated heterocycles. The summed E-state index contributed by atoms with van der Waals surface area (Å²) in [5.74, 6) is -0.516. The summed E-state index contributed by atoms with van der Waals surface area (Å²) >= 11 is 0. The van der Waals surface area contributed by atoms with Crippen molar-refractivity contribution >= 4 is 11.7 Å². The molecular weight excluding hydrogens is 209 g/mol. The van der Waals surface area contributed by atoms with E-state index >= 15 is 0 Å². The van der Waals surface area contributed by atoms with Crippen LogP contribution in [0.2, 0.25) is 0 Å². The van der Waals surface area contributed by atoms with E-state index in [9.17, 15) is 9.18 Å². The van der Waals surface area contributed by atoms with E-state index in [1.165, 1.54) is 12.1 Å². The average molecular weight is 223 g/mol. The lowest BCUT2D eigenvalue weighted by atomic mass is 9.68. The topological polar surface area (TPSA) is 68.0 Å². The lowest BCUT2D eigenvalue weighted by Gasteiger charge is -2.38. The van der Waals surface area contributed by atoms with E-state index < -0.39 is 11.4 Å². The van der Waals surface area contributed by atoms with Crippen LogP contribution in [0.4, 0.5) is 10.2 Å². The second-order valence-electron chi connectivity index (χ2n) is 4.14. The fraction of sp³-hybridized carbons (Fsp3) is 0.455. The molecule has 0 unspecified atom stereocenters. The normalized spacial score (nSPS) is 17.6. The van der Waals surface area contributed by atoms with Crippen LogP contribution in [-0.2, 0) is 4.79 Å². The van der Waals surface area contributed by atoms with Gasteiger partial charge in [0.05, 0.1) is 5.41 Å². The first-order valence-electron chi connectivity index (χ1n) is 5.30. The number of carbonyl (C=O) groups is 1. The number of rotatable bonds is 3. The molecule has 1 aliphatic carbocycles. The Morgan fingerprint density at radius 2 is 2.31 bits per heavy atom. The van der Waals surface area contributed by atoms with Crippen LogP contribution in [0.1, 0.15) is 19.3 Å². The quantitative estimate of drug-likeness (QED) is 0.759. The Morgan fingerprint density at radius 1 is 1.56 bits per heavy atom. The number of pyridine rings is 1. The molecule has 86 valence electrons. The minimum atomic E-state index is -0.604. The summed E-state index contributed by atoms with van der Waals surface area (Å²) in [6.45, 7) is 0.328. The Balaban J connectivity index is 2.07. The van der Waals surface area contributed by atoms with Crippen molar-refractivity contribution in [1.29, 1.82) is 0 Å². The van der Waals surface area contributed by atoms with E-state index in [0.29, 0.717) is 6.54 Å². The molecule has 0 aromatic carbocycles. The van der Waals surface area contributed by atoms with Gasteiger partial charge in [0.25, 0.3) is 0 Å². The predicted octanol–water partition coefficient (Wildman–Crippen LogP) is 1.29. The number of nitrogens with one attached hydrogen (secondary N) is 1. The van der Waals surface area contributed by atoms with Gasteiger partial charge in [0.15, 0.2) is 0 Å². The van der Waals surface area contributed by atoms with Crippen molar-refractivity contribution in [2.24, 2.45) is 11.1 Å². The highest BCUT2D eigenvalue weighted by Gasteiger charge is 2.42. The van der Waals surface area contributed by atoms with E-state index in [0.717, 1.165) is 19.3 Å². The van der Waals surface area contributed by atoms with Crippen molar-refractivity contribution in [3.05, 3.63) is 24.1 Å². The Morgan fingerprint density at radius 3 is 2.81 bits per heavy atom. The number of hydrogen-bond acceptors (Lipinski definition) is 3.